The van der Waals surface area contributed by atoms with Gasteiger partial charge in [-0.25, -0.2) is 0 Å². The first-order chi connectivity index (χ1) is 6.27. The predicted octanol–water partition coefficient (Wildman–Crippen LogP) is 1.01. The van der Waals surface area contributed by atoms with Crippen LogP contribution in [0.2, 0.25) is 0 Å². The zero-order chi connectivity index (χ0) is 9.26. The van der Waals surface area contributed by atoms with E-state index in [1.165, 1.54) is 11.1 Å². The van der Waals surface area contributed by atoms with Gasteiger partial charge in [-0.2, -0.15) is 0 Å². The van der Waals surface area contributed by atoms with Gasteiger partial charge in [0.2, 0.25) is 0 Å². The molecule has 1 aliphatic rings. The molecule has 1 aliphatic heterocycles. The van der Waals surface area contributed by atoms with Crippen molar-refractivity contribution in [1.29, 1.82) is 0 Å². The molecule has 1 heterocycles. The van der Waals surface area contributed by atoms with E-state index >= 15 is 0 Å². The predicted molar refractivity (Wildman–Crippen MR) is 54.8 cm³/mol. The summed E-state index contributed by atoms with van der Waals surface area (Å²) in [6, 6.07) is 8.96. The van der Waals surface area contributed by atoms with E-state index in [2.05, 4.69) is 36.5 Å². The van der Waals surface area contributed by atoms with Crippen molar-refractivity contribution in [3.05, 3.63) is 35.4 Å². The van der Waals surface area contributed by atoms with E-state index in [9.17, 15) is 0 Å². The van der Waals surface area contributed by atoms with Gasteiger partial charge < -0.3 is 11.1 Å². The van der Waals surface area contributed by atoms with E-state index in [0.717, 1.165) is 13.1 Å². The highest BCUT2D eigenvalue weighted by Gasteiger charge is 2.24. The molecular weight excluding hydrogens is 160 g/mol. The summed E-state index contributed by atoms with van der Waals surface area (Å²) in [7, 11) is 0. The zero-order valence-electron chi connectivity index (χ0n) is 7.96. The summed E-state index contributed by atoms with van der Waals surface area (Å²) < 4.78 is 0. The Morgan fingerprint density at radius 3 is 2.46 bits per heavy atom. The van der Waals surface area contributed by atoms with Crippen LogP contribution in [0.4, 0.5) is 0 Å². The van der Waals surface area contributed by atoms with Crippen molar-refractivity contribution in [3.63, 3.8) is 0 Å². The summed E-state index contributed by atoms with van der Waals surface area (Å²) in [5.74, 6) is 0.501. The topological polar surface area (TPSA) is 38.0 Å². The second-order valence-corrected chi connectivity index (χ2v) is 3.84. The fraction of sp³-hybridized carbons (Fsp3) is 0.455. The monoisotopic (exact) mass is 176 g/mol. The molecule has 1 aromatic rings. The molecule has 1 saturated heterocycles. The van der Waals surface area contributed by atoms with Gasteiger partial charge in [0.05, 0.1) is 0 Å². The number of nitrogens with two attached hydrogens (primary N) is 1. The van der Waals surface area contributed by atoms with Crippen molar-refractivity contribution >= 4 is 0 Å². The first-order valence-corrected chi connectivity index (χ1v) is 4.80. The molecular formula is C11H16N2. The van der Waals surface area contributed by atoms with E-state index in [0.29, 0.717) is 5.92 Å². The number of hydrogen-bond acceptors (Lipinski definition) is 2. The first-order valence-electron chi connectivity index (χ1n) is 4.80. The molecule has 0 bridgehead atoms. The molecule has 0 saturated carbocycles. The number of aryl methyl sites for hydroxylation is 1. The van der Waals surface area contributed by atoms with E-state index < -0.39 is 0 Å². The molecule has 3 N–H and O–H groups in total. The third kappa shape index (κ3) is 1.74. The number of nitrogens with one attached hydrogen (secondary N) is 1. The van der Waals surface area contributed by atoms with Crippen LogP contribution < -0.4 is 11.1 Å². The normalized spacial score (nSPS) is 27.8. The van der Waals surface area contributed by atoms with Crippen LogP contribution in [0.3, 0.4) is 0 Å². The second kappa shape index (κ2) is 3.48. The highest BCUT2D eigenvalue weighted by Crippen LogP contribution is 2.21. The van der Waals surface area contributed by atoms with Crippen molar-refractivity contribution in [2.24, 2.45) is 5.73 Å². The highest BCUT2D eigenvalue weighted by molar-refractivity contribution is 5.27. The molecule has 70 valence electrons. The zero-order valence-corrected chi connectivity index (χ0v) is 7.96. The van der Waals surface area contributed by atoms with E-state index in [4.69, 9.17) is 5.73 Å². The molecule has 2 rings (SSSR count). The fourth-order valence-electron chi connectivity index (χ4n) is 1.88. The van der Waals surface area contributed by atoms with Crippen LogP contribution in [0.15, 0.2) is 24.3 Å². The lowest BCUT2D eigenvalue weighted by atomic mass is 9.94. The minimum atomic E-state index is 0.280. The Bertz CT molecular complexity index is 279. The molecule has 0 amide bonds. The van der Waals surface area contributed by atoms with Gasteiger partial charge in [0.15, 0.2) is 0 Å². The number of hydrogen-bond donors (Lipinski definition) is 2. The molecule has 13 heavy (non-hydrogen) atoms. The van der Waals surface area contributed by atoms with E-state index in [1.54, 1.807) is 0 Å². The molecule has 0 spiro atoms. The maximum Gasteiger partial charge on any atom is 0.0247 e. The lowest BCUT2D eigenvalue weighted by Gasteiger charge is -2.14. The molecule has 0 aliphatic carbocycles. The van der Waals surface area contributed by atoms with Crippen molar-refractivity contribution in [1.82, 2.24) is 5.32 Å². The highest BCUT2D eigenvalue weighted by atomic mass is 15.0. The summed E-state index contributed by atoms with van der Waals surface area (Å²) in [5.41, 5.74) is 8.66. The van der Waals surface area contributed by atoms with Gasteiger partial charge in [-0.15, -0.1) is 0 Å². The standard InChI is InChI=1S/C11H16N2/c1-8-2-4-9(5-3-8)10-6-13-7-11(10)12/h2-5,10-11,13H,6-7,12H2,1H3/t10-,11+/m1/s1. The Morgan fingerprint density at radius 1 is 1.23 bits per heavy atom. The van der Waals surface area contributed by atoms with Gasteiger partial charge in [-0.1, -0.05) is 29.8 Å². The maximum absolute atomic E-state index is 5.99. The Kier molecular flexibility index (Phi) is 2.34. The van der Waals surface area contributed by atoms with Crippen molar-refractivity contribution in [3.8, 4) is 0 Å². The minimum absolute atomic E-state index is 0.280. The average molecular weight is 176 g/mol. The van der Waals surface area contributed by atoms with Gasteiger partial charge in [0.25, 0.3) is 0 Å². The Morgan fingerprint density at radius 2 is 1.92 bits per heavy atom. The quantitative estimate of drug-likeness (QED) is 0.670. The van der Waals surface area contributed by atoms with Crippen molar-refractivity contribution in [2.45, 2.75) is 18.9 Å². The minimum Gasteiger partial charge on any atom is -0.326 e. The van der Waals surface area contributed by atoms with E-state index in [-0.39, 0.29) is 6.04 Å². The fourth-order valence-corrected chi connectivity index (χ4v) is 1.88. The van der Waals surface area contributed by atoms with Gasteiger partial charge in [0.1, 0.15) is 0 Å². The molecule has 0 unspecified atom stereocenters. The summed E-state index contributed by atoms with van der Waals surface area (Å²) in [5, 5.41) is 3.31. The molecule has 1 aromatic carbocycles. The SMILES string of the molecule is Cc1ccc([C@H]2CNC[C@@H]2N)cc1. The average Bonchev–Trinajstić information content (AvgIpc) is 2.53. The summed E-state index contributed by atoms with van der Waals surface area (Å²) in [4.78, 5) is 0. The van der Waals surface area contributed by atoms with Crippen LogP contribution in [-0.4, -0.2) is 19.1 Å². The molecule has 2 heteroatoms. The number of rotatable bonds is 1. The van der Waals surface area contributed by atoms with Gasteiger partial charge in [0, 0.05) is 25.0 Å². The van der Waals surface area contributed by atoms with Gasteiger partial charge in [-0.3, -0.25) is 0 Å². The third-order valence-electron chi connectivity index (χ3n) is 2.77. The Hall–Kier alpha value is -0.860. The largest absolute Gasteiger partial charge is 0.326 e. The maximum atomic E-state index is 5.99. The van der Waals surface area contributed by atoms with Crippen LogP contribution in [0.1, 0.15) is 17.0 Å². The van der Waals surface area contributed by atoms with Crippen LogP contribution >= 0.6 is 0 Å². The van der Waals surface area contributed by atoms with Crippen LogP contribution in [-0.2, 0) is 0 Å². The molecule has 2 nitrogen and oxygen atoms in total. The third-order valence-corrected chi connectivity index (χ3v) is 2.77. The smallest absolute Gasteiger partial charge is 0.0247 e. The van der Waals surface area contributed by atoms with Gasteiger partial charge >= 0.3 is 0 Å². The molecule has 0 aromatic heterocycles. The Balaban J connectivity index is 2.20. The number of benzene rings is 1. The lowest BCUT2D eigenvalue weighted by molar-refractivity contribution is 0.653. The van der Waals surface area contributed by atoms with Crippen LogP contribution in [0.25, 0.3) is 0 Å². The first kappa shape index (κ1) is 8.73. The Labute approximate surface area is 79.1 Å². The van der Waals surface area contributed by atoms with Crippen molar-refractivity contribution < 1.29 is 0 Å². The van der Waals surface area contributed by atoms with Crippen LogP contribution in [0, 0.1) is 6.92 Å². The molecule has 1 fully saturated rings. The van der Waals surface area contributed by atoms with E-state index in [1.807, 2.05) is 0 Å². The van der Waals surface area contributed by atoms with Gasteiger partial charge in [-0.05, 0) is 12.5 Å². The lowest BCUT2D eigenvalue weighted by Crippen LogP contribution is -2.27. The van der Waals surface area contributed by atoms with Crippen molar-refractivity contribution in [2.75, 3.05) is 13.1 Å². The molecule has 0 radical (unpaired) electrons. The molecule has 2 atom stereocenters. The summed E-state index contributed by atoms with van der Waals surface area (Å²) in [6.07, 6.45) is 0. The van der Waals surface area contributed by atoms with Crippen LogP contribution in [0.5, 0.6) is 0 Å². The summed E-state index contributed by atoms with van der Waals surface area (Å²) >= 11 is 0. The second-order valence-electron chi connectivity index (χ2n) is 3.84. The summed E-state index contributed by atoms with van der Waals surface area (Å²) in [6.45, 7) is 4.07.